The molecule has 0 amide bonds. The van der Waals surface area contributed by atoms with Gasteiger partial charge in [-0.25, -0.2) is 9.82 Å². The quantitative estimate of drug-likeness (QED) is 0.623. The fourth-order valence-electron chi connectivity index (χ4n) is 1.92. The summed E-state index contributed by atoms with van der Waals surface area (Å²) in [7, 11) is 0. The summed E-state index contributed by atoms with van der Waals surface area (Å²) in [6.45, 7) is 1.84. The summed E-state index contributed by atoms with van der Waals surface area (Å²) in [4.78, 5) is 4.36. The molecule has 3 nitrogen and oxygen atoms in total. The maximum Gasteiger partial charge on any atom is 0.123 e. The van der Waals surface area contributed by atoms with Crippen molar-refractivity contribution >= 4 is 31.9 Å². The van der Waals surface area contributed by atoms with Crippen molar-refractivity contribution in [2.24, 2.45) is 5.84 Å². The van der Waals surface area contributed by atoms with E-state index in [9.17, 15) is 4.39 Å². The largest absolute Gasteiger partial charge is 0.271 e. The molecule has 6 heteroatoms. The second-order valence-corrected chi connectivity index (χ2v) is 5.89. The Labute approximate surface area is 127 Å². The van der Waals surface area contributed by atoms with Crippen LogP contribution in [0.4, 0.5) is 4.39 Å². The molecule has 2 rings (SSSR count). The molecule has 0 aliphatic heterocycles. The van der Waals surface area contributed by atoms with E-state index in [4.69, 9.17) is 5.84 Å². The first-order chi connectivity index (χ1) is 9.02. The summed E-state index contributed by atoms with van der Waals surface area (Å²) in [5.41, 5.74) is 5.18. The van der Waals surface area contributed by atoms with Gasteiger partial charge in [0.25, 0.3) is 0 Å². The molecule has 2 aromatic rings. The van der Waals surface area contributed by atoms with E-state index in [0.717, 1.165) is 25.8 Å². The lowest BCUT2D eigenvalue weighted by Crippen LogP contribution is -2.30. The Morgan fingerprint density at radius 2 is 2.05 bits per heavy atom. The van der Waals surface area contributed by atoms with Crippen LogP contribution in [0.1, 0.15) is 22.9 Å². The zero-order valence-corrected chi connectivity index (χ0v) is 13.3. The van der Waals surface area contributed by atoms with Gasteiger partial charge in [0.1, 0.15) is 5.82 Å². The molecule has 0 radical (unpaired) electrons. The summed E-state index contributed by atoms with van der Waals surface area (Å²) in [5, 5.41) is 0. The molecule has 0 spiro atoms. The molecule has 19 heavy (non-hydrogen) atoms. The monoisotopic (exact) mass is 387 g/mol. The van der Waals surface area contributed by atoms with Gasteiger partial charge in [-0.05, 0) is 68.1 Å². The maximum atomic E-state index is 13.2. The lowest BCUT2D eigenvalue weighted by atomic mass is 9.99. The number of pyridine rings is 1. The van der Waals surface area contributed by atoms with Crippen molar-refractivity contribution in [2.45, 2.75) is 13.0 Å². The maximum absolute atomic E-state index is 13.2. The standard InChI is InChI=1S/C13H12Br2FN3/c1-7-4-9(16)2-3-10(7)12(19-17)13-11(15)5-8(14)6-18-13/h2-6,12,19H,17H2,1H3. The van der Waals surface area contributed by atoms with Crippen LogP contribution in [-0.2, 0) is 0 Å². The zero-order valence-electron chi connectivity index (χ0n) is 10.1. The van der Waals surface area contributed by atoms with Gasteiger partial charge in [0.15, 0.2) is 0 Å². The van der Waals surface area contributed by atoms with Crippen molar-refractivity contribution in [1.82, 2.24) is 10.4 Å². The van der Waals surface area contributed by atoms with Crippen molar-refractivity contribution < 1.29 is 4.39 Å². The van der Waals surface area contributed by atoms with Gasteiger partial charge in [0, 0.05) is 15.1 Å². The normalized spacial score (nSPS) is 12.5. The highest BCUT2D eigenvalue weighted by Crippen LogP contribution is 2.30. The molecule has 0 fully saturated rings. The molecule has 1 heterocycles. The number of aromatic nitrogens is 1. The molecule has 1 aromatic heterocycles. The van der Waals surface area contributed by atoms with Crippen LogP contribution >= 0.6 is 31.9 Å². The number of nitrogens with one attached hydrogen (secondary N) is 1. The van der Waals surface area contributed by atoms with E-state index in [1.54, 1.807) is 12.3 Å². The molecule has 0 aliphatic rings. The second-order valence-electron chi connectivity index (χ2n) is 4.12. The number of rotatable bonds is 3. The van der Waals surface area contributed by atoms with Gasteiger partial charge in [0.05, 0.1) is 11.7 Å². The lowest BCUT2D eigenvalue weighted by molar-refractivity contribution is 0.602. The Balaban J connectivity index is 2.50. The first-order valence-electron chi connectivity index (χ1n) is 5.56. The summed E-state index contributed by atoms with van der Waals surface area (Å²) >= 11 is 6.82. The molecular weight excluding hydrogens is 377 g/mol. The Bertz CT molecular complexity index is 553. The minimum absolute atomic E-state index is 0.264. The minimum atomic E-state index is -0.303. The number of hydrogen-bond acceptors (Lipinski definition) is 3. The van der Waals surface area contributed by atoms with Gasteiger partial charge in [-0.3, -0.25) is 10.8 Å². The molecule has 1 atom stereocenters. The first kappa shape index (κ1) is 14.6. The van der Waals surface area contributed by atoms with E-state index in [-0.39, 0.29) is 11.9 Å². The Morgan fingerprint density at radius 1 is 1.32 bits per heavy atom. The van der Waals surface area contributed by atoms with Crippen LogP contribution < -0.4 is 11.3 Å². The van der Waals surface area contributed by atoms with Crippen LogP contribution in [0.15, 0.2) is 39.4 Å². The third-order valence-electron chi connectivity index (χ3n) is 2.82. The number of hydrogen-bond donors (Lipinski definition) is 2. The fourth-order valence-corrected chi connectivity index (χ4v) is 3.13. The van der Waals surface area contributed by atoms with Crippen LogP contribution in [0.2, 0.25) is 0 Å². The van der Waals surface area contributed by atoms with Crippen LogP contribution in [0.25, 0.3) is 0 Å². The predicted octanol–water partition coefficient (Wildman–Crippen LogP) is 3.61. The van der Waals surface area contributed by atoms with Gasteiger partial charge in [-0.1, -0.05) is 6.07 Å². The van der Waals surface area contributed by atoms with E-state index in [2.05, 4.69) is 42.3 Å². The average Bonchev–Trinajstić information content (AvgIpc) is 2.34. The highest BCUT2D eigenvalue weighted by Gasteiger charge is 2.19. The molecule has 1 aromatic carbocycles. The van der Waals surface area contributed by atoms with Gasteiger partial charge < -0.3 is 0 Å². The van der Waals surface area contributed by atoms with Crippen LogP contribution in [0, 0.1) is 12.7 Å². The fraction of sp³-hybridized carbons (Fsp3) is 0.154. The molecule has 0 saturated heterocycles. The van der Waals surface area contributed by atoms with E-state index in [1.165, 1.54) is 12.1 Å². The van der Waals surface area contributed by atoms with E-state index in [1.807, 2.05) is 13.0 Å². The van der Waals surface area contributed by atoms with E-state index >= 15 is 0 Å². The molecule has 0 bridgehead atoms. The molecule has 100 valence electrons. The zero-order chi connectivity index (χ0) is 14.0. The summed E-state index contributed by atoms with van der Waals surface area (Å²) in [5.74, 6) is 5.37. The number of nitrogens with zero attached hydrogens (tertiary/aromatic N) is 1. The van der Waals surface area contributed by atoms with Gasteiger partial charge in [-0.15, -0.1) is 0 Å². The second kappa shape index (κ2) is 6.09. The predicted molar refractivity (Wildman–Crippen MR) is 79.9 cm³/mol. The van der Waals surface area contributed by atoms with Crippen molar-refractivity contribution in [3.05, 3.63) is 62.0 Å². The Morgan fingerprint density at radius 3 is 2.63 bits per heavy atom. The lowest BCUT2D eigenvalue weighted by Gasteiger charge is -2.19. The topological polar surface area (TPSA) is 50.9 Å². The number of nitrogens with two attached hydrogens (primary N) is 1. The Kier molecular flexibility index (Phi) is 4.67. The number of benzene rings is 1. The molecule has 0 aliphatic carbocycles. The van der Waals surface area contributed by atoms with Gasteiger partial charge in [0.2, 0.25) is 0 Å². The Hall–Kier alpha value is -0.820. The van der Waals surface area contributed by atoms with Crippen molar-refractivity contribution in [3.8, 4) is 0 Å². The van der Waals surface area contributed by atoms with Crippen LogP contribution in [0.3, 0.4) is 0 Å². The van der Waals surface area contributed by atoms with Gasteiger partial charge in [-0.2, -0.15) is 0 Å². The summed E-state index contributed by atoms with van der Waals surface area (Å²) in [6.07, 6.45) is 1.70. The third kappa shape index (κ3) is 3.20. The average molecular weight is 389 g/mol. The van der Waals surface area contributed by atoms with Crippen LogP contribution in [-0.4, -0.2) is 4.98 Å². The van der Waals surface area contributed by atoms with Crippen molar-refractivity contribution in [1.29, 1.82) is 0 Å². The number of halogens is 3. The molecule has 0 saturated carbocycles. The SMILES string of the molecule is Cc1cc(F)ccc1C(NN)c1ncc(Br)cc1Br. The van der Waals surface area contributed by atoms with Crippen molar-refractivity contribution in [3.63, 3.8) is 0 Å². The van der Waals surface area contributed by atoms with Gasteiger partial charge >= 0.3 is 0 Å². The minimum Gasteiger partial charge on any atom is -0.271 e. The summed E-state index contributed by atoms with van der Waals surface area (Å²) in [6, 6.07) is 6.20. The molecule has 3 N–H and O–H groups in total. The van der Waals surface area contributed by atoms with E-state index in [0.29, 0.717) is 0 Å². The third-order valence-corrected chi connectivity index (χ3v) is 3.89. The van der Waals surface area contributed by atoms with Crippen molar-refractivity contribution in [2.75, 3.05) is 0 Å². The molecular formula is C13H12Br2FN3. The smallest absolute Gasteiger partial charge is 0.123 e. The van der Waals surface area contributed by atoms with E-state index < -0.39 is 0 Å². The highest BCUT2D eigenvalue weighted by molar-refractivity contribution is 9.11. The molecule has 1 unspecified atom stereocenters. The first-order valence-corrected chi connectivity index (χ1v) is 7.14. The number of aryl methyl sites for hydroxylation is 1. The number of hydrazine groups is 1. The summed E-state index contributed by atoms with van der Waals surface area (Å²) < 4.78 is 14.9. The van der Waals surface area contributed by atoms with Crippen LogP contribution in [0.5, 0.6) is 0 Å². The highest BCUT2D eigenvalue weighted by atomic mass is 79.9.